The number of methoxy groups -OCH3 is 1. The van der Waals surface area contributed by atoms with Crippen molar-refractivity contribution in [2.75, 3.05) is 25.7 Å². The first-order valence-electron chi connectivity index (χ1n) is 11.0. The summed E-state index contributed by atoms with van der Waals surface area (Å²) in [6.45, 7) is 2.20. The van der Waals surface area contributed by atoms with Gasteiger partial charge in [-0.05, 0) is 47.9 Å². The number of aromatic nitrogens is 3. The van der Waals surface area contributed by atoms with Crippen molar-refractivity contribution in [3.63, 3.8) is 0 Å². The Balaban J connectivity index is 1.88. The van der Waals surface area contributed by atoms with Crippen molar-refractivity contribution in [1.29, 1.82) is 0 Å². The summed E-state index contributed by atoms with van der Waals surface area (Å²) in [6.07, 6.45) is 2.88. The third kappa shape index (κ3) is 5.22. The summed E-state index contributed by atoms with van der Waals surface area (Å²) in [5, 5.41) is 0. The standard InChI is InChI=1S/C25H26FN3O5S/c1-4-34-22-14-17(9-10-21(22)33-2)20(15-35(3,31)32)29-24-23(28-25(29)30)18(11-12-27-24)13-16-7-5-6-8-19(16)26/h5-12,14,20H,4,13,15H2,1-3H3,(H,28,30). The average molecular weight is 500 g/mol. The zero-order chi connectivity index (χ0) is 25.2. The number of benzene rings is 2. The van der Waals surface area contributed by atoms with Gasteiger partial charge in [0.05, 0.1) is 31.0 Å². The molecule has 0 aliphatic heterocycles. The SMILES string of the molecule is CCOc1cc(C(CS(C)(=O)=O)n2c(=O)[nH]c3c(Cc4ccccc4F)ccnc32)ccc1OC. The number of aromatic amines is 1. The molecule has 0 aliphatic carbocycles. The molecule has 0 bridgehead atoms. The number of ether oxygens (including phenoxy) is 2. The van der Waals surface area contributed by atoms with E-state index in [1.807, 2.05) is 6.92 Å². The topological polar surface area (TPSA) is 103 Å². The Morgan fingerprint density at radius 3 is 2.57 bits per heavy atom. The van der Waals surface area contributed by atoms with Gasteiger partial charge in [-0.2, -0.15) is 0 Å². The van der Waals surface area contributed by atoms with E-state index >= 15 is 0 Å². The Morgan fingerprint density at radius 2 is 1.89 bits per heavy atom. The van der Waals surface area contributed by atoms with Gasteiger partial charge in [0, 0.05) is 18.9 Å². The molecule has 2 aromatic carbocycles. The highest BCUT2D eigenvalue weighted by molar-refractivity contribution is 7.90. The summed E-state index contributed by atoms with van der Waals surface area (Å²) in [7, 11) is -2.00. The van der Waals surface area contributed by atoms with Crippen molar-refractivity contribution in [2.45, 2.75) is 19.4 Å². The fraction of sp³-hybridized carbons (Fsp3) is 0.280. The van der Waals surface area contributed by atoms with Crippen molar-refractivity contribution in [1.82, 2.24) is 14.5 Å². The molecule has 4 rings (SSSR count). The minimum atomic E-state index is -3.51. The van der Waals surface area contributed by atoms with Gasteiger partial charge in [0.25, 0.3) is 0 Å². The number of rotatable bonds is 9. The third-order valence-electron chi connectivity index (χ3n) is 5.68. The van der Waals surface area contributed by atoms with Crippen LogP contribution in [0.5, 0.6) is 11.5 Å². The van der Waals surface area contributed by atoms with E-state index in [-0.39, 0.29) is 23.6 Å². The van der Waals surface area contributed by atoms with Gasteiger partial charge in [-0.25, -0.2) is 22.6 Å². The molecular formula is C25H26FN3O5S. The van der Waals surface area contributed by atoms with Crippen LogP contribution in [0.3, 0.4) is 0 Å². The van der Waals surface area contributed by atoms with E-state index in [1.54, 1.807) is 42.5 Å². The molecule has 0 saturated heterocycles. The van der Waals surface area contributed by atoms with Gasteiger partial charge >= 0.3 is 5.69 Å². The molecule has 184 valence electrons. The Hall–Kier alpha value is -3.66. The molecule has 2 heterocycles. The van der Waals surface area contributed by atoms with Crippen LogP contribution in [0.4, 0.5) is 4.39 Å². The Bertz CT molecular complexity index is 1530. The van der Waals surface area contributed by atoms with Crippen LogP contribution >= 0.6 is 0 Å². The molecule has 2 aromatic heterocycles. The number of halogens is 1. The lowest BCUT2D eigenvalue weighted by Gasteiger charge is -2.20. The zero-order valence-corrected chi connectivity index (χ0v) is 20.4. The molecule has 0 fully saturated rings. The molecule has 0 radical (unpaired) electrons. The highest BCUT2D eigenvalue weighted by Gasteiger charge is 2.26. The maximum atomic E-state index is 14.3. The summed E-state index contributed by atoms with van der Waals surface area (Å²) in [5.41, 5.74) is 1.88. The first-order chi connectivity index (χ1) is 16.7. The highest BCUT2D eigenvalue weighted by atomic mass is 32.2. The lowest BCUT2D eigenvalue weighted by molar-refractivity contribution is 0.310. The fourth-order valence-electron chi connectivity index (χ4n) is 4.13. The van der Waals surface area contributed by atoms with E-state index in [1.165, 1.54) is 23.9 Å². The van der Waals surface area contributed by atoms with Crippen LogP contribution < -0.4 is 15.2 Å². The molecular weight excluding hydrogens is 473 g/mol. The summed E-state index contributed by atoms with van der Waals surface area (Å²) < 4.78 is 51.4. The molecule has 4 aromatic rings. The Kier molecular flexibility index (Phi) is 6.93. The largest absolute Gasteiger partial charge is 0.493 e. The lowest BCUT2D eigenvalue weighted by atomic mass is 10.0. The second-order valence-electron chi connectivity index (χ2n) is 8.19. The van der Waals surface area contributed by atoms with Crippen molar-refractivity contribution >= 4 is 21.0 Å². The molecule has 8 nitrogen and oxygen atoms in total. The van der Waals surface area contributed by atoms with E-state index in [0.29, 0.717) is 40.3 Å². The molecule has 35 heavy (non-hydrogen) atoms. The van der Waals surface area contributed by atoms with Crippen LogP contribution in [0, 0.1) is 5.82 Å². The molecule has 10 heteroatoms. The van der Waals surface area contributed by atoms with Crippen LogP contribution in [-0.2, 0) is 16.3 Å². The van der Waals surface area contributed by atoms with Gasteiger partial charge in [0.1, 0.15) is 15.7 Å². The lowest BCUT2D eigenvalue weighted by Crippen LogP contribution is -2.28. The van der Waals surface area contributed by atoms with Crippen LogP contribution in [0.1, 0.15) is 29.7 Å². The summed E-state index contributed by atoms with van der Waals surface area (Å²) >= 11 is 0. The number of pyridine rings is 1. The first-order valence-corrected chi connectivity index (χ1v) is 13.1. The van der Waals surface area contributed by atoms with Crippen LogP contribution in [0.25, 0.3) is 11.2 Å². The predicted octanol–water partition coefficient (Wildman–Crippen LogP) is 3.50. The number of hydrogen-bond donors (Lipinski definition) is 1. The number of H-pyrrole nitrogens is 1. The summed E-state index contributed by atoms with van der Waals surface area (Å²) in [6, 6.07) is 12.3. The van der Waals surface area contributed by atoms with E-state index in [4.69, 9.17) is 9.47 Å². The quantitative estimate of drug-likeness (QED) is 0.378. The summed E-state index contributed by atoms with van der Waals surface area (Å²) in [5.74, 6) is 0.241. The molecule has 1 N–H and O–H groups in total. The maximum Gasteiger partial charge on any atom is 0.328 e. The van der Waals surface area contributed by atoms with Crippen molar-refractivity contribution < 1.29 is 22.3 Å². The zero-order valence-electron chi connectivity index (χ0n) is 19.6. The average Bonchev–Trinajstić information content (AvgIpc) is 3.15. The number of nitrogens with one attached hydrogen (secondary N) is 1. The first kappa shape index (κ1) is 24.5. The third-order valence-corrected chi connectivity index (χ3v) is 6.60. The van der Waals surface area contributed by atoms with Crippen molar-refractivity contribution in [2.24, 2.45) is 0 Å². The second-order valence-corrected chi connectivity index (χ2v) is 10.4. The van der Waals surface area contributed by atoms with E-state index in [0.717, 1.165) is 6.26 Å². The van der Waals surface area contributed by atoms with E-state index in [2.05, 4.69) is 9.97 Å². The predicted molar refractivity (Wildman–Crippen MR) is 132 cm³/mol. The van der Waals surface area contributed by atoms with E-state index in [9.17, 15) is 17.6 Å². The van der Waals surface area contributed by atoms with Crippen LogP contribution in [-0.4, -0.2) is 48.7 Å². The Morgan fingerprint density at radius 1 is 1.11 bits per heavy atom. The number of hydrogen-bond acceptors (Lipinski definition) is 6. The number of sulfone groups is 1. The molecule has 1 atom stereocenters. The molecule has 0 spiro atoms. The highest BCUT2D eigenvalue weighted by Crippen LogP contribution is 2.33. The van der Waals surface area contributed by atoms with Gasteiger partial charge < -0.3 is 14.5 Å². The van der Waals surface area contributed by atoms with Gasteiger partial charge in [-0.3, -0.25) is 4.57 Å². The van der Waals surface area contributed by atoms with Crippen molar-refractivity contribution in [3.05, 3.63) is 87.7 Å². The fourth-order valence-corrected chi connectivity index (χ4v) is 5.05. The second kappa shape index (κ2) is 9.91. The maximum absolute atomic E-state index is 14.3. The molecule has 1 unspecified atom stereocenters. The normalized spacial score (nSPS) is 12.6. The Labute approximate surface area is 202 Å². The van der Waals surface area contributed by atoms with Crippen LogP contribution in [0.15, 0.2) is 59.5 Å². The van der Waals surface area contributed by atoms with Gasteiger partial charge in [-0.15, -0.1) is 0 Å². The van der Waals surface area contributed by atoms with Gasteiger partial charge in [0.15, 0.2) is 17.1 Å². The monoisotopic (exact) mass is 499 g/mol. The van der Waals surface area contributed by atoms with Gasteiger partial charge in [0.2, 0.25) is 0 Å². The minimum Gasteiger partial charge on any atom is -0.493 e. The minimum absolute atomic E-state index is 0.236. The summed E-state index contributed by atoms with van der Waals surface area (Å²) in [4.78, 5) is 20.4. The smallest absolute Gasteiger partial charge is 0.328 e. The molecule has 0 aliphatic rings. The van der Waals surface area contributed by atoms with Crippen molar-refractivity contribution in [3.8, 4) is 11.5 Å². The van der Waals surface area contributed by atoms with E-state index < -0.39 is 21.6 Å². The number of fused-ring (bicyclic) bond motifs is 1. The number of nitrogens with zero attached hydrogens (tertiary/aromatic N) is 2. The molecule has 0 amide bonds. The molecule has 0 saturated carbocycles. The van der Waals surface area contributed by atoms with Gasteiger partial charge in [-0.1, -0.05) is 24.3 Å². The number of imidazole rings is 1. The van der Waals surface area contributed by atoms with Crippen LogP contribution in [0.2, 0.25) is 0 Å².